The number of halogens is 1. The molecule has 0 aliphatic rings. The van der Waals surface area contributed by atoms with Gasteiger partial charge in [-0.2, -0.15) is 0 Å². The molecule has 0 bridgehead atoms. The summed E-state index contributed by atoms with van der Waals surface area (Å²) < 4.78 is 35.1. The van der Waals surface area contributed by atoms with Gasteiger partial charge in [-0.3, -0.25) is 13.9 Å². The summed E-state index contributed by atoms with van der Waals surface area (Å²) in [5.74, 6) is 0.220. The molecule has 0 heterocycles. The van der Waals surface area contributed by atoms with Crippen LogP contribution in [0.4, 0.5) is 5.69 Å². The number of carbonyl (C=O) groups is 2. The highest BCUT2D eigenvalue weighted by molar-refractivity contribution is 7.92. The Kier molecular flexibility index (Phi) is 11.0. The number of rotatable bonds is 13. The van der Waals surface area contributed by atoms with Crippen molar-refractivity contribution in [1.82, 2.24) is 10.2 Å². The van der Waals surface area contributed by atoms with Gasteiger partial charge in [0.05, 0.1) is 10.6 Å². The number of hydrogen-bond acceptors (Lipinski definition) is 5. The number of benzene rings is 4. The van der Waals surface area contributed by atoms with Gasteiger partial charge in [-0.05, 0) is 80.4 Å². The maximum Gasteiger partial charge on any atom is 0.264 e. The van der Waals surface area contributed by atoms with Crippen molar-refractivity contribution in [2.24, 2.45) is 0 Å². The van der Waals surface area contributed by atoms with Gasteiger partial charge in [-0.15, -0.1) is 0 Å². The maximum absolute atomic E-state index is 14.1. The highest BCUT2D eigenvalue weighted by atomic mass is 35.5. The summed E-state index contributed by atoms with van der Waals surface area (Å²) in [5, 5.41) is 3.26. The van der Waals surface area contributed by atoms with Crippen molar-refractivity contribution >= 4 is 39.1 Å². The second-order valence-electron chi connectivity index (χ2n) is 10.3. The number of anilines is 1. The van der Waals surface area contributed by atoms with E-state index in [1.54, 1.807) is 67.6 Å². The molecule has 8 nitrogen and oxygen atoms in total. The first-order valence-corrected chi connectivity index (χ1v) is 16.1. The Morgan fingerprint density at radius 1 is 0.864 bits per heavy atom. The van der Waals surface area contributed by atoms with E-state index < -0.39 is 28.5 Å². The van der Waals surface area contributed by atoms with Crippen LogP contribution >= 0.6 is 11.6 Å². The first kappa shape index (κ1) is 32.6. The fourth-order valence-electron chi connectivity index (χ4n) is 4.46. The van der Waals surface area contributed by atoms with Crippen LogP contribution in [0.15, 0.2) is 108 Å². The molecular weight excluding hydrogens is 598 g/mol. The zero-order valence-corrected chi connectivity index (χ0v) is 26.5. The number of aryl methyl sites for hydroxylation is 1. The van der Waals surface area contributed by atoms with Crippen LogP contribution < -0.4 is 14.4 Å². The SMILES string of the molecule is CCCNC(=O)[C@H](C)N(Cc1ccccc1Cl)C(=O)CN(c1ccc(Oc2ccccc2)cc1)S(=O)(=O)c1ccc(C)cc1. The van der Waals surface area contributed by atoms with Gasteiger partial charge in [0.2, 0.25) is 11.8 Å². The largest absolute Gasteiger partial charge is 0.457 e. The van der Waals surface area contributed by atoms with E-state index in [9.17, 15) is 18.0 Å². The average molecular weight is 634 g/mol. The number of hydrogen-bond donors (Lipinski definition) is 1. The van der Waals surface area contributed by atoms with Crippen LogP contribution in [-0.4, -0.2) is 44.3 Å². The Morgan fingerprint density at radius 2 is 1.48 bits per heavy atom. The van der Waals surface area contributed by atoms with Crippen LogP contribution in [0.2, 0.25) is 5.02 Å². The number of nitrogens with one attached hydrogen (secondary N) is 1. The summed E-state index contributed by atoms with van der Waals surface area (Å²) >= 11 is 6.42. The van der Waals surface area contributed by atoms with Crippen molar-refractivity contribution in [3.05, 3.63) is 119 Å². The summed E-state index contributed by atoms with van der Waals surface area (Å²) in [6.45, 7) is 5.33. The monoisotopic (exact) mass is 633 g/mol. The summed E-state index contributed by atoms with van der Waals surface area (Å²) in [6.07, 6.45) is 0.726. The van der Waals surface area contributed by atoms with Gasteiger partial charge in [0, 0.05) is 18.1 Å². The molecule has 0 fully saturated rings. The highest BCUT2D eigenvalue weighted by Crippen LogP contribution is 2.29. The maximum atomic E-state index is 14.1. The van der Waals surface area contributed by atoms with E-state index >= 15 is 0 Å². The Hall–Kier alpha value is -4.34. The van der Waals surface area contributed by atoms with Gasteiger partial charge in [0.15, 0.2) is 0 Å². The zero-order chi connectivity index (χ0) is 31.7. The van der Waals surface area contributed by atoms with Gasteiger partial charge in [-0.1, -0.05) is 72.6 Å². The lowest BCUT2D eigenvalue weighted by Crippen LogP contribution is -2.51. The normalized spacial score (nSPS) is 11.8. The second-order valence-corrected chi connectivity index (χ2v) is 12.6. The van der Waals surface area contributed by atoms with Crippen LogP contribution in [0.3, 0.4) is 0 Å². The van der Waals surface area contributed by atoms with Crippen LogP contribution in [-0.2, 0) is 26.2 Å². The molecule has 0 saturated heterocycles. The molecule has 0 aliphatic carbocycles. The molecule has 0 spiro atoms. The Balaban J connectivity index is 1.70. The minimum Gasteiger partial charge on any atom is -0.457 e. The summed E-state index contributed by atoms with van der Waals surface area (Å²) in [7, 11) is -4.19. The number of sulfonamides is 1. The molecule has 4 aromatic rings. The summed E-state index contributed by atoms with van der Waals surface area (Å²) in [6, 6.07) is 28.2. The van der Waals surface area contributed by atoms with Gasteiger partial charge < -0.3 is 15.0 Å². The molecule has 0 saturated carbocycles. The van der Waals surface area contributed by atoms with Crippen molar-refractivity contribution in [1.29, 1.82) is 0 Å². The van der Waals surface area contributed by atoms with E-state index in [4.69, 9.17) is 16.3 Å². The fraction of sp³-hybridized carbons (Fsp3) is 0.235. The lowest BCUT2D eigenvalue weighted by atomic mass is 10.1. The van der Waals surface area contributed by atoms with Crippen molar-refractivity contribution < 1.29 is 22.7 Å². The van der Waals surface area contributed by atoms with Crippen LogP contribution in [0.25, 0.3) is 0 Å². The number of carbonyl (C=O) groups excluding carboxylic acids is 2. The van der Waals surface area contributed by atoms with E-state index in [1.807, 2.05) is 44.2 Å². The van der Waals surface area contributed by atoms with Crippen molar-refractivity contribution in [2.75, 3.05) is 17.4 Å². The van der Waals surface area contributed by atoms with Gasteiger partial charge in [0.25, 0.3) is 10.0 Å². The van der Waals surface area contributed by atoms with E-state index in [-0.39, 0.29) is 23.0 Å². The second kappa shape index (κ2) is 14.9. The molecule has 1 atom stereocenters. The Morgan fingerprint density at radius 3 is 2.11 bits per heavy atom. The van der Waals surface area contributed by atoms with Crippen LogP contribution in [0.1, 0.15) is 31.4 Å². The highest BCUT2D eigenvalue weighted by Gasteiger charge is 2.32. The third kappa shape index (κ3) is 8.18. The van der Waals surface area contributed by atoms with Crippen molar-refractivity contribution in [3.8, 4) is 11.5 Å². The molecule has 4 rings (SSSR count). The molecule has 230 valence electrons. The topological polar surface area (TPSA) is 96.0 Å². The van der Waals surface area contributed by atoms with Crippen molar-refractivity contribution in [3.63, 3.8) is 0 Å². The summed E-state index contributed by atoms with van der Waals surface area (Å²) in [4.78, 5) is 28.5. The number of amides is 2. The molecule has 0 aromatic heterocycles. The molecule has 44 heavy (non-hydrogen) atoms. The molecule has 0 unspecified atom stereocenters. The van der Waals surface area contributed by atoms with E-state index in [0.29, 0.717) is 28.6 Å². The molecule has 0 aliphatic heterocycles. The van der Waals surface area contributed by atoms with E-state index in [1.165, 1.54) is 17.0 Å². The van der Waals surface area contributed by atoms with Gasteiger partial charge in [-0.25, -0.2) is 8.42 Å². The van der Waals surface area contributed by atoms with E-state index in [0.717, 1.165) is 16.3 Å². The third-order valence-corrected chi connectivity index (χ3v) is 9.16. The van der Waals surface area contributed by atoms with Crippen LogP contribution in [0.5, 0.6) is 11.5 Å². The minimum absolute atomic E-state index is 0.0154. The number of nitrogens with zero attached hydrogens (tertiary/aromatic N) is 2. The fourth-order valence-corrected chi connectivity index (χ4v) is 6.07. The standard InChI is InChI=1S/C34H36ClN3O5S/c1-4-22-36-34(40)26(3)37(23-27-10-8-9-13-32(27)35)33(39)24-38(44(41,42)31-20-14-25(2)15-21-31)28-16-18-30(19-17-28)43-29-11-6-5-7-12-29/h5-21,26H,4,22-24H2,1-3H3,(H,36,40)/t26-/m0/s1. The van der Waals surface area contributed by atoms with Gasteiger partial charge in [0.1, 0.15) is 24.1 Å². The minimum atomic E-state index is -4.19. The lowest BCUT2D eigenvalue weighted by molar-refractivity contribution is -0.139. The van der Waals surface area contributed by atoms with Crippen LogP contribution in [0, 0.1) is 6.92 Å². The van der Waals surface area contributed by atoms with Gasteiger partial charge >= 0.3 is 0 Å². The Labute approximate surface area is 264 Å². The summed E-state index contributed by atoms with van der Waals surface area (Å²) in [5.41, 5.74) is 1.79. The first-order valence-electron chi connectivity index (χ1n) is 14.3. The van der Waals surface area contributed by atoms with Crippen molar-refractivity contribution in [2.45, 2.75) is 44.7 Å². The quantitative estimate of drug-likeness (QED) is 0.179. The molecule has 1 N–H and O–H groups in total. The smallest absolute Gasteiger partial charge is 0.264 e. The zero-order valence-electron chi connectivity index (χ0n) is 24.9. The molecule has 10 heteroatoms. The molecule has 4 aromatic carbocycles. The lowest BCUT2D eigenvalue weighted by Gasteiger charge is -2.32. The molecular formula is C34H36ClN3O5S. The van der Waals surface area contributed by atoms with E-state index in [2.05, 4.69) is 5.32 Å². The Bertz CT molecular complexity index is 1660. The molecule has 2 amide bonds. The number of ether oxygens (including phenoxy) is 1. The number of para-hydroxylation sites is 1. The predicted octanol–water partition coefficient (Wildman–Crippen LogP) is 6.58. The third-order valence-electron chi connectivity index (χ3n) is 7.01. The average Bonchev–Trinajstić information content (AvgIpc) is 3.02. The predicted molar refractivity (Wildman–Crippen MR) is 173 cm³/mol. The molecule has 0 radical (unpaired) electrons. The first-order chi connectivity index (χ1) is 21.1.